The van der Waals surface area contributed by atoms with Crippen LogP contribution in [0.5, 0.6) is 0 Å². The molecular formula is C16H22ClNO2. The van der Waals surface area contributed by atoms with E-state index in [-0.39, 0.29) is 6.09 Å². The van der Waals surface area contributed by atoms with Crippen LogP contribution in [0, 0.1) is 0 Å². The summed E-state index contributed by atoms with van der Waals surface area (Å²) in [7, 11) is 0. The van der Waals surface area contributed by atoms with Crippen molar-refractivity contribution in [3.8, 4) is 0 Å². The molecule has 1 fully saturated rings. The van der Waals surface area contributed by atoms with Gasteiger partial charge in [0.2, 0.25) is 0 Å². The number of carbonyl (C=O) groups excluding carboxylic acids is 1. The molecule has 0 atom stereocenters. The number of ether oxygens (including phenoxy) is 1. The van der Waals surface area contributed by atoms with Gasteiger partial charge in [0.15, 0.2) is 0 Å². The summed E-state index contributed by atoms with van der Waals surface area (Å²) in [4.78, 5) is 14.1. The maximum Gasteiger partial charge on any atom is 0.410 e. The van der Waals surface area contributed by atoms with Gasteiger partial charge < -0.3 is 9.64 Å². The van der Waals surface area contributed by atoms with Crippen LogP contribution in [0.25, 0.3) is 0 Å². The Morgan fingerprint density at radius 1 is 1.20 bits per heavy atom. The van der Waals surface area contributed by atoms with Crippen molar-refractivity contribution >= 4 is 17.7 Å². The van der Waals surface area contributed by atoms with Crippen LogP contribution in [0.3, 0.4) is 0 Å². The van der Waals surface area contributed by atoms with E-state index in [0.717, 1.165) is 18.4 Å². The molecular weight excluding hydrogens is 274 g/mol. The van der Waals surface area contributed by atoms with Crippen LogP contribution in [-0.2, 0) is 11.3 Å². The molecule has 1 aliphatic rings. The molecule has 0 spiro atoms. The number of hydrogen-bond acceptors (Lipinski definition) is 2. The van der Waals surface area contributed by atoms with Crippen molar-refractivity contribution in [2.45, 2.75) is 44.8 Å². The minimum absolute atomic E-state index is 0.235. The van der Waals surface area contributed by atoms with E-state index in [1.807, 2.05) is 35.2 Å². The maximum absolute atomic E-state index is 12.3. The third-order valence-electron chi connectivity index (χ3n) is 3.78. The standard InChI is InChI=1S/C16H22ClNO2/c17-11-12-18(15-9-5-2-6-10-15)16(19)20-13-14-7-3-1-4-8-14/h1,3-4,7-8,15H,2,5-6,9-13H2. The fourth-order valence-electron chi connectivity index (χ4n) is 2.71. The lowest BCUT2D eigenvalue weighted by atomic mass is 9.94. The van der Waals surface area contributed by atoms with Crippen molar-refractivity contribution in [1.29, 1.82) is 0 Å². The first-order valence-electron chi connectivity index (χ1n) is 7.34. The summed E-state index contributed by atoms with van der Waals surface area (Å²) in [5.41, 5.74) is 1.01. The highest BCUT2D eigenvalue weighted by Crippen LogP contribution is 2.23. The molecule has 4 heteroatoms. The number of rotatable bonds is 5. The zero-order valence-corrected chi connectivity index (χ0v) is 12.5. The Hall–Kier alpha value is -1.22. The summed E-state index contributed by atoms with van der Waals surface area (Å²) in [5.74, 6) is 0.455. The van der Waals surface area contributed by atoms with Crippen LogP contribution in [0.15, 0.2) is 30.3 Å². The van der Waals surface area contributed by atoms with E-state index in [2.05, 4.69) is 0 Å². The Kier molecular flexibility index (Phi) is 6.19. The molecule has 3 nitrogen and oxygen atoms in total. The lowest BCUT2D eigenvalue weighted by Gasteiger charge is -2.33. The van der Waals surface area contributed by atoms with E-state index in [4.69, 9.17) is 16.3 Å². The Labute approximate surface area is 125 Å². The van der Waals surface area contributed by atoms with Crippen molar-refractivity contribution in [3.05, 3.63) is 35.9 Å². The van der Waals surface area contributed by atoms with Crippen molar-refractivity contribution < 1.29 is 9.53 Å². The van der Waals surface area contributed by atoms with Gasteiger partial charge in [-0.2, -0.15) is 0 Å². The van der Waals surface area contributed by atoms with Gasteiger partial charge >= 0.3 is 6.09 Å². The minimum Gasteiger partial charge on any atom is -0.445 e. The first-order chi connectivity index (χ1) is 9.81. The normalized spacial score (nSPS) is 15.8. The van der Waals surface area contributed by atoms with Gasteiger partial charge in [0, 0.05) is 18.5 Å². The number of carbonyl (C=O) groups is 1. The number of alkyl halides is 1. The first kappa shape index (κ1) is 15.2. The van der Waals surface area contributed by atoms with E-state index < -0.39 is 0 Å². The molecule has 0 radical (unpaired) electrons. The Morgan fingerprint density at radius 2 is 1.90 bits per heavy atom. The summed E-state index contributed by atoms with van der Waals surface area (Å²) < 4.78 is 5.42. The molecule has 1 aliphatic carbocycles. The smallest absolute Gasteiger partial charge is 0.410 e. The number of amides is 1. The van der Waals surface area contributed by atoms with Crippen molar-refractivity contribution in [1.82, 2.24) is 4.90 Å². The van der Waals surface area contributed by atoms with E-state index in [1.165, 1.54) is 19.3 Å². The molecule has 0 aliphatic heterocycles. The third kappa shape index (κ3) is 4.41. The van der Waals surface area contributed by atoms with Crippen LogP contribution in [0.2, 0.25) is 0 Å². The number of nitrogens with zero attached hydrogens (tertiary/aromatic N) is 1. The van der Waals surface area contributed by atoms with Crippen molar-refractivity contribution in [2.75, 3.05) is 12.4 Å². The molecule has 0 saturated heterocycles. The van der Waals surface area contributed by atoms with Crippen LogP contribution >= 0.6 is 11.6 Å². The van der Waals surface area contributed by atoms with Crippen LogP contribution in [0.4, 0.5) is 4.79 Å². The van der Waals surface area contributed by atoms with E-state index in [0.29, 0.717) is 25.1 Å². The second kappa shape index (κ2) is 8.15. The molecule has 1 aromatic rings. The average Bonchev–Trinajstić information content (AvgIpc) is 2.52. The maximum atomic E-state index is 12.3. The lowest BCUT2D eigenvalue weighted by Crippen LogP contribution is -2.42. The minimum atomic E-state index is -0.235. The molecule has 1 saturated carbocycles. The van der Waals surface area contributed by atoms with Gasteiger partial charge in [0.25, 0.3) is 0 Å². The quantitative estimate of drug-likeness (QED) is 0.762. The predicted octanol–water partition coefficient (Wildman–Crippen LogP) is 4.20. The monoisotopic (exact) mass is 295 g/mol. The molecule has 1 aromatic carbocycles. The fraction of sp³-hybridized carbons (Fsp3) is 0.562. The van der Waals surface area contributed by atoms with Gasteiger partial charge in [0.05, 0.1) is 0 Å². The molecule has 0 N–H and O–H groups in total. The summed E-state index contributed by atoms with van der Waals surface area (Å²) >= 11 is 5.83. The second-order valence-corrected chi connectivity index (χ2v) is 5.59. The van der Waals surface area contributed by atoms with E-state index >= 15 is 0 Å². The highest BCUT2D eigenvalue weighted by molar-refractivity contribution is 6.18. The molecule has 110 valence electrons. The van der Waals surface area contributed by atoms with Crippen LogP contribution < -0.4 is 0 Å². The Morgan fingerprint density at radius 3 is 2.55 bits per heavy atom. The number of benzene rings is 1. The largest absolute Gasteiger partial charge is 0.445 e. The molecule has 0 unspecified atom stereocenters. The fourth-order valence-corrected chi connectivity index (χ4v) is 2.89. The predicted molar refractivity (Wildman–Crippen MR) is 80.9 cm³/mol. The summed E-state index contributed by atoms with van der Waals surface area (Å²) in [6.45, 7) is 0.894. The zero-order valence-electron chi connectivity index (χ0n) is 11.8. The summed E-state index contributed by atoms with van der Waals surface area (Å²) in [6.07, 6.45) is 5.55. The molecule has 0 bridgehead atoms. The van der Waals surface area contributed by atoms with Gasteiger partial charge in [-0.05, 0) is 18.4 Å². The van der Waals surface area contributed by atoms with Crippen molar-refractivity contribution in [2.24, 2.45) is 0 Å². The first-order valence-corrected chi connectivity index (χ1v) is 7.88. The summed E-state index contributed by atoms with van der Waals surface area (Å²) in [6, 6.07) is 10.1. The highest BCUT2D eigenvalue weighted by atomic mass is 35.5. The van der Waals surface area contributed by atoms with Gasteiger partial charge in [0.1, 0.15) is 6.61 Å². The van der Waals surface area contributed by atoms with E-state index in [1.54, 1.807) is 0 Å². The van der Waals surface area contributed by atoms with Gasteiger partial charge in [-0.3, -0.25) is 0 Å². The van der Waals surface area contributed by atoms with Crippen LogP contribution in [-0.4, -0.2) is 29.5 Å². The highest BCUT2D eigenvalue weighted by Gasteiger charge is 2.25. The zero-order chi connectivity index (χ0) is 14.2. The van der Waals surface area contributed by atoms with Gasteiger partial charge in [-0.15, -0.1) is 11.6 Å². The van der Waals surface area contributed by atoms with Crippen molar-refractivity contribution in [3.63, 3.8) is 0 Å². The Bertz CT molecular complexity index is 404. The molecule has 0 heterocycles. The molecule has 0 aromatic heterocycles. The van der Waals surface area contributed by atoms with E-state index in [9.17, 15) is 4.79 Å². The molecule has 2 rings (SSSR count). The average molecular weight is 296 g/mol. The summed E-state index contributed by atoms with van der Waals surface area (Å²) in [5, 5.41) is 0. The SMILES string of the molecule is O=C(OCc1ccccc1)N(CCCl)C1CCCCC1. The number of halogens is 1. The van der Waals surface area contributed by atoms with Gasteiger partial charge in [-0.1, -0.05) is 49.6 Å². The topological polar surface area (TPSA) is 29.5 Å². The number of hydrogen-bond donors (Lipinski definition) is 0. The third-order valence-corrected chi connectivity index (χ3v) is 3.95. The van der Waals surface area contributed by atoms with Crippen LogP contribution in [0.1, 0.15) is 37.7 Å². The second-order valence-electron chi connectivity index (χ2n) is 5.21. The molecule has 1 amide bonds. The Balaban J connectivity index is 1.89. The lowest BCUT2D eigenvalue weighted by molar-refractivity contribution is 0.0747. The van der Waals surface area contributed by atoms with Gasteiger partial charge in [-0.25, -0.2) is 4.79 Å². The molecule has 20 heavy (non-hydrogen) atoms.